The third-order valence-electron chi connectivity index (χ3n) is 3.75. The van der Waals surface area contributed by atoms with Gasteiger partial charge >= 0.3 is 5.97 Å². The molecule has 1 aliphatic heterocycles. The van der Waals surface area contributed by atoms with E-state index in [0.29, 0.717) is 5.06 Å². The van der Waals surface area contributed by atoms with Gasteiger partial charge in [-0.1, -0.05) is 38.0 Å². The summed E-state index contributed by atoms with van der Waals surface area (Å²) in [6, 6.07) is 6.00. The zero-order chi connectivity index (χ0) is 17.4. The molecule has 5 nitrogen and oxygen atoms in total. The molecular formula is C16H17F2NO4. The molecule has 23 heavy (non-hydrogen) atoms. The largest absolute Gasteiger partial charge is 0.333 e. The monoisotopic (exact) mass is 325 g/mol. The molecule has 1 heterocycles. The minimum Gasteiger partial charge on any atom is -0.330 e. The lowest BCUT2D eigenvalue weighted by Gasteiger charge is -2.29. The first-order valence-corrected chi connectivity index (χ1v) is 7.09. The van der Waals surface area contributed by atoms with Crippen LogP contribution in [0.5, 0.6) is 0 Å². The maximum atomic E-state index is 13.1. The van der Waals surface area contributed by atoms with Gasteiger partial charge in [-0.3, -0.25) is 9.59 Å². The Morgan fingerprint density at radius 2 is 1.61 bits per heavy atom. The van der Waals surface area contributed by atoms with E-state index in [9.17, 15) is 23.2 Å². The predicted octanol–water partition coefficient (Wildman–Crippen LogP) is 3.06. The molecule has 0 spiro atoms. The number of amides is 2. The van der Waals surface area contributed by atoms with Gasteiger partial charge in [-0.25, -0.2) is 13.6 Å². The number of fused-ring (bicyclic) bond motifs is 1. The highest BCUT2D eigenvalue weighted by Crippen LogP contribution is 2.34. The Bertz CT molecular complexity index is 617. The molecule has 2 rings (SSSR count). The number of carbonyl (C=O) groups excluding carboxylic acids is 3. The fraction of sp³-hybridized carbons (Fsp3) is 0.438. The molecule has 0 bridgehead atoms. The van der Waals surface area contributed by atoms with Crippen molar-refractivity contribution in [3.63, 3.8) is 0 Å². The summed E-state index contributed by atoms with van der Waals surface area (Å²) in [6.07, 6.45) is -3.31. The molecule has 0 aromatic heterocycles. The highest BCUT2D eigenvalue weighted by Gasteiger charge is 2.40. The summed E-state index contributed by atoms with van der Waals surface area (Å²) in [5, 5.41) is 0.332. The average Bonchev–Trinajstić information content (AvgIpc) is 2.69. The van der Waals surface area contributed by atoms with Gasteiger partial charge in [-0.2, -0.15) is 0 Å². The van der Waals surface area contributed by atoms with Crippen LogP contribution >= 0.6 is 0 Å². The fourth-order valence-electron chi connectivity index (χ4n) is 2.34. The number of hydrogen-bond donors (Lipinski definition) is 0. The Morgan fingerprint density at radius 3 is 2.00 bits per heavy atom. The number of nitrogens with zero attached hydrogens (tertiary/aromatic N) is 1. The van der Waals surface area contributed by atoms with Gasteiger partial charge in [0.1, 0.15) is 0 Å². The summed E-state index contributed by atoms with van der Waals surface area (Å²) in [7, 11) is 0. The minimum absolute atomic E-state index is 0.117. The van der Waals surface area contributed by atoms with Gasteiger partial charge in [-0.15, -0.1) is 0 Å². The van der Waals surface area contributed by atoms with E-state index in [1.54, 1.807) is 32.9 Å². The second-order valence-corrected chi connectivity index (χ2v) is 6.42. The van der Waals surface area contributed by atoms with Crippen LogP contribution in [0.3, 0.4) is 0 Å². The van der Waals surface area contributed by atoms with Gasteiger partial charge < -0.3 is 4.84 Å². The van der Waals surface area contributed by atoms with E-state index < -0.39 is 42.0 Å². The van der Waals surface area contributed by atoms with Gasteiger partial charge in [0.05, 0.1) is 17.5 Å². The first-order valence-electron chi connectivity index (χ1n) is 7.09. The SMILES string of the molecule is CC(C)(C)C(CC(=O)ON1C(=O)c2ccccc2C1=O)C(F)F. The molecule has 1 aromatic rings. The molecule has 0 radical (unpaired) electrons. The van der Waals surface area contributed by atoms with Crippen molar-refractivity contribution in [2.24, 2.45) is 11.3 Å². The number of imide groups is 1. The van der Waals surface area contributed by atoms with Crippen molar-refractivity contribution in [2.45, 2.75) is 33.6 Å². The Labute approximate surface area is 132 Å². The first kappa shape index (κ1) is 17.1. The molecule has 0 saturated carbocycles. The van der Waals surface area contributed by atoms with E-state index in [2.05, 4.69) is 0 Å². The maximum absolute atomic E-state index is 13.1. The molecule has 0 saturated heterocycles. The highest BCUT2D eigenvalue weighted by molar-refractivity contribution is 6.20. The molecular weight excluding hydrogens is 308 g/mol. The zero-order valence-electron chi connectivity index (χ0n) is 13.0. The van der Waals surface area contributed by atoms with E-state index >= 15 is 0 Å². The average molecular weight is 325 g/mol. The summed E-state index contributed by atoms with van der Waals surface area (Å²) in [4.78, 5) is 40.7. The molecule has 1 aliphatic rings. The van der Waals surface area contributed by atoms with Crippen LogP contribution in [0.2, 0.25) is 0 Å². The lowest BCUT2D eigenvalue weighted by molar-refractivity contribution is -0.172. The van der Waals surface area contributed by atoms with Crippen LogP contribution in [0.4, 0.5) is 8.78 Å². The quantitative estimate of drug-likeness (QED) is 0.798. The van der Waals surface area contributed by atoms with E-state index in [-0.39, 0.29) is 11.1 Å². The molecule has 1 aromatic carbocycles. The van der Waals surface area contributed by atoms with Crippen molar-refractivity contribution in [1.82, 2.24) is 5.06 Å². The zero-order valence-corrected chi connectivity index (χ0v) is 13.0. The molecule has 2 amide bonds. The van der Waals surface area contributed by atoms with Crippen LogP contribution in [-0.4, -0.2) is 29.3 Å². The van der Waals surface area contributed by atoms with Gasteiger partial charge in [0.2, 0.25) is 6.43 Å². The standard InChI is InChI=1S/C16H17F2NO4/c1-16(2,3)11(13(17)18)8-12(20)23-19-14(21)9-6-4-5-7-10(9)15(19)22/h4-7,11,13H,8H2,1-3H3. The Morgan fingerprint density at radius 1 is 1.13 bits per heavy atom. The third kappa shape index (κ3) is 3.38. The maximum Gasteiger partial charge on any atom is 0.333 e. The fourth-order valence-corrected chi connectivity index (χ4v) is 2.34. The summed E-state index contributed by atoms with van der Waals surface area (Å²) in [5.74, 6) is -3.84. The van der Waals surface area contributed by atoms with Gasteiger partial charge in [-0.05, 0) is 17.5 Å². The van der Waals surface area contributed by atoms with Crippen LogP contribution < -0.4 is 0 Å². The van der Waals surface area contributed by atoms with Crippen molar-refractivity contribution < 1.29 is 28.0 Å². The molecule has 1 atom stereocenters. The number of alkyl halides is 2. The summed E-state index contributed by atoms with van der Waals surface area (Å²) < 4.78 is 26.2. The minimum atomic E-state index is -2.72. The van der Waals surface area contributed by atoms with Crippen LogP contribution in [0.25, 0.3) is 0 Å². The highest BCUT2D eigenvalue weighted by atomic mass is 19.3. The van der Waals surface area contributed by atoms with Crippen LogP contribution in [0, 0.1) is 11.3 Å². The molecule has 7 heteroatoms. The van der Waals surface area contributed by atoms with Crippen molar-refractivity contribution >= 4 is 17.8 Å². The second kappa shape index (κ2) is 6.06. The van der Waals surface area contributed by atoms with E-state index in [1.165, 1.54) is 12.1 Å². The normalized spacial score (nSPS) is 15.8. The van der Waals surface area contributed by atoms with E-state index in [1.807, 2.05) is 0 Å². The summed E-state index contributed by atoms with van der Waals surface area (Å²) in [6.45, 7) is 4.75. The van der Waals surface area contributed by atoms with Gasteiger partial charge in [0, 0.05) is 5.92 Å². The van der Waals surface area contributed by atoms with Crippen LogP contribution in [0.15, 0.2) is 24.3 Å². The second-order valence-electron chi connectivity index (χ2n) is 6.42. The van der Waals surface area contributed by atoms with Crippen molar-refractivity contribution in [3.05, 3.63) is 35.4 Å². The van der Waals surface area contributed by atoms with E-state index in [4.69, 9.17) is 4.84 Å². The number of hydroxylamine groups is 2. The number of rotatable bonds is 4. The molecule has 0 aliphatic carbocycles. The van der Waals surface area contributed by atoms with Crippen molar-refractivity contribution in [3.8, 4) is 0 Å². The number of hydrogen-bond acceptors (Lipinski definition) is 4. The first-order chi connectivity index (χ1) is 10.6. The summed E-state index contributed by atoms with van der Waals surface area (Å²) in [5.41, 5.74) is -0.590. The van der Waals surface area contributed by atoms with Crippen LogP contribution in [-0.2, 0) is 9.63 Å². The smallest absolute Gasteiger partial charge is 0.330 e. The van der Waals surface area contributed by atoms with Crippen molar-refractivity contribution in [1.29, 1.82) is 0 Å². The van der Waals surface area contributed by atoms with Crippen molar-refractivity contribution in [2.75, 3.05) is 0 Å². The third-order valence-corrected chi connectivity index (χ3v) is 3.75. The summed E-state index contributed by atoms with van der Waals surface area (Å²) >= 11 is 0. The predicted molar refractivity (Wildman–Crippen MR) is 76.6 cm³/mol. The molecule has 0 fully saturated rings. The Hall–Kier alpha value is -2.31. The number of carbonyl (C=O) groups is 3. The lowest BCUT2D eigenvalue weighted by Crippen LogP contribution is -2.36. The Balaban J connectivity index is 2.10. The van der Waals surface area contributed by atoms with Crippen LogP contribution in [0.1, 0.15) is 47.9 Å². The topological polar surface area (TPSA) is 63.7 Å². The van der Waals surface area contributed by atoms with Gasteiger partial charge in [0.25, 0.3) is 11.8 Å². The van der Waals surface area contributed by atoms with E-state index in [0.717, 1.165) is 0 Å². The molecule has 1 unspecified atom stereocenters. The number of halogens is 2. The molecule has 0 N–H and O–H groups in total. The Kier molecular flexibility index (Phi) is 4.49. The molecule has 124 valence electrons. The van der Waals surface area contributed by atoms with Gasteiger partial charge in [0.15, 0.2) is 0 Å². The number of benzene rings is 1. The lowest BCUT2D eigenvalue weighted by atomic mass is 9.79.